The molecule has 0 radical (unpaired) electrons. The van der Waals surface area contributed by atoms with Crippen LogP contribution in [0.4, 0.5) is 0 Å². The maximum absolute atomic E-state index is 9.23. The van der Waals surface area contributed by atoms with Crippen LogP contribution in [-0.4, -0.2) is 62.8 Å². The first-order valence-electron chi connectivity index (χ1n) is 3.98. The zero-order chi connectivity index (χ0) is 10.1. The van der Waals surface area contributed by atoms with Crippen molar-refractivity contribution in [3.8, 4) is 0 Å². The Balaban J connectivity index is 2.71. The summed E-state index contributed by atoms with van der Waals surface area (Å²) in [4.78, 5) is 0. The van der Waals surface area contributed by atoms with E-state index in [9.17, 15) is 5.11 Å². The molecule has 0 aromatic heterocycles. The normalized spacial score (nSPS) is 39.0. The molecule has 0 bridgehead atoms. The zero-order valence-electron chi connectivity index (χ0n) is 7.00. The number of rotatable bonds is 2. The van der Waals surface area contributed by atoms with Gasteiger partial charge in [-0.15, -0.1) is 0 Å². The Morgan fingerprint density at radius 3 is 2.08 bits per heavy atom. The minimum Gasteiger partial charge on any atom is -0.393 e. The van der Waals surface area contributed by atoms with Crippen LogP contribution in [0.25, 0.3) is 0 Å². The van der Waals surface area contributed by atoms with Gasteiger partial charge in [-0.2, -0.15) is 0 Å². The molecule has 0 aromatic carbocycles. The SMILES string of the molecule is OCC1(CO)CC(O)C(O)C(O)O1. The van der Waals surface area contributed by atoms with Gasteiger partial charge in [0, 0.05) is 6.42 Å². The van der Waals surface area contributed by atoms with Crippen LogP contribution in [0.5, 0.6) is 0 Å². The fraction of sp³-hybridized carbons (Fsp3) is 1.00. The van der Waals surface area contributed by atoms with Crippen LogP contribution in [0.15, 0.2) is 0 Å². The molecule has 78 valence electrons. The van der Waals surface area contributed by atoms with Crippen molar-refractivity contribution in [1.82, 2.24) is 0 Å². The lowest BCUT2D eigenvalue weighted by atomic mass is 9.91. The Labute approximate surface area is 75.0 Å². The van der Waals surface area contributed by atoms with E-state index < -0.39 is 37.3 Å². The van der Waals surface area contributed by atoms with Gasteiger partial charge in [0.1, 0.15) is 11.7 Å². The molecule has 13 heavy (non-hydrogen) atoms. The van der Waals surface area contributed by atoms with E-state index in [1.165, 1.54) is 0 Å². The number of aliphatic hydroxyl groups excluding tert-OH is 5. The molecule has 1 heterocycles. The highest BCUT2D eigenvalue weighted by molar-refractivity contribution is 4.91. The van der Waals surface area contributed by atoms with Crippen molar-refractivity contribution in [2.24, 2.45) is 0 Å². The second-order valence-corrected chi connectivity index (χ2v) is 3.27. The fourth-order valence-corrected chi connectivity index (χ4v) is 1.32. The Hall–Kier alpha value is -0.240. The molecule has 1 rings (SSSR count). The van der Waals surface area contributed by atoms with Crippen molar-refractivity contribution < 1.29 is 30.3 Å². The largest absolute Gasteiger partial charge is 0.393 e. The molecule has 3 unspecified atom stereocenters. The second kappa shape index (κ2) is 3.87. The summed E-state index contributed by atoms with van der Waals surface area (Å²) in [7, 11) is 0. The topological polar surface area (TPSA) is 110 Å². The summed E-state index contributed by atoms with van der Waals surface area (Å²) < 4.78 is 4.80. The van der Waals surface area contributed by atoms with Crippen LogP contribution in [0.3, 0.4) is 0 Å². The van der Waals surface area contributed by atoms with Crippen molar-refractivity contribution in [3.63, 3.8) is 0 Å². The van der Waals surface area contributed by atoms with E-state index in [0.29, 0.717) is 0 Å². The van der Waals surface area contributed by atoms with E-state index >= 15 is 0 Å². The fourth-order valence-electron chi connectivity index (χ4n) is 1.32. The number of hydrogen-bond donors (Lipinski definition) is 5. The van der Waals surface area contributed by atoms with E-state index in [0.717, 1.165) is 0 Å². The molecule has 6 heteroatoms. The maximum atomic E-state index is 9.23. The van der Waals surface area contributed by atoms with Crippen LogP contribution < -0.4 is 0 Å². The summed E-state index contributed by atoms with van der Waals surface area (Å²) in [6.07, 6.45) is -4.30. The third-order valence-corrected chi connectivity index (χ3v) is 2.21. The summed E-state index contributed by atoms with van der Waals surface area (Å²) >= 11 is 0. The summed E-state index contributed by atoms with van der Waals surface area (Å²) in [5, 5.41) is 45.2. The van der Waals surface area contributed by atoms with Crippen molar-refractivity contribution in [2.75, 3.05) is 13.2 Å². The molecule has 0 amide bonds. The highest BCUT2D eigenvalue weighted by atomic mass is 16.6. The van der Waals surface area contributed by atoms with E-state index in [1.807, 2.05) is 0 Å². The molecular weight excluding hydrogens is 180 g/mol. The van der Waals surface area contributed by atoms with Gasteiger partial charge in [-0.1, -0.05) is 0 Å². The highest BCUT2D eigenvalue weighted by Crippen LogP contribution is 2.27. The molecular formula is C7H14O6. The number of ether oxygens (including phenoxy) is 1. The molecule has 1 aliphatic heterocycles. The zero-order valence-corrected chi connectivity index (χ0v) is 7.00. The van der Waals surface area contributed by atoms with Gasteiger partial charge in [-0.05, 0) is 0 Å². The van der Waals surface area contributed by atoms with Gasteiger partial charge in [-0.25, -0.2) is 0 Å². The lowest BCUT2D eigenvalue weighted by Crippen LogP contribution is -2.57. The van der Waals surface area contributed by atoms with Gasteiger partial charge in [0.25, 0.3) is 0 Å². The monoisotopic (exact) mass is 194 g/mol. The van der Waals surface area contributed by atoms with Crippen LogP contribution in [0.1, 0.15) is 6.42 Å². The molecule has 1 aliphatic rings. The molecule has 1 fully saturated rings. The first kappa shape index (κ1) is 10.8. The van der Waals surface area contributed by atoms with E-state index in [1.54, 1.807) is 0 Å². The second-order valence-electron chi connectivity index (χ2n) is 3.27. The molecule has 1 saturated heterocycles. The smallest absolute Gasteiger partial charge is 0.184 e. The van der Waals surface area contributed by atoms with Gasteiger partial charge in [0.15, 0.2) is 6.29 Å². The molecule has 5 N–H and O–H groups in total. The standard InChI is InChI=1S/C7H14O6/c8-2-7(3-9)1-4(10)5(11)6(12)13-7/h4-6,8-12H,1-3H2. The Morgan fingerprint density at radius 2 is 1.69 bits per heavy atom. The maximum Gasteiger partial charge on any atom is 0.184 e. The van der Waals surface area contributed by atoms with Crippen LogP contribution in [0, 0.1) is 0 Å². The summed E-state index contributed by atoms with van der Waals surface area (Å²) in [6.45, 7) is -1.05. The van der Waals surface area contributed by atoms with Crippen LogP contribution in [0.2, 0.25) is 0 Å². The van der Waals surface area contributed by atoms with Crippen LogP contribution in [-0.2, 0) is 4.74 Å². The molecule has 0 spiro atoms. The lowest BCUT2D eigenvalue weighted by molar-refractivity contribution is -0.297. The van der Waals surface area contributed by atoms with Crippen molar-refractivity contribution in [3.05, 3.63) is 0 Å². The number of aliphatic hydroxyl groups is 5. The average molecular weight is 194 g/mol. The molecule has 0 aliphatic carbocycles. The molecule has 0 aromatic rings. The lowest BCUT2D eigenvalue weighted by Gasteiger charge is -2.41. The third kappa shape index (κ3) is 1.98. The van der Waals surface area contributed by atoms with Crippen molar-refractivity contribution >= 4 is 0 Å². The van der Waals surface area contributed by atoms with Gasteiger partial charge < -0.3 is 30.3 Å². The summed E-state index contributed by atoms with van der Waals surface area (Å²) in [5.41, 5.74) is -1.36. The number of hydrogen-bond acceptors (Lipinski definition) is 6. The van der Waals surface area contributed by atoms with E-state index in [4.69, 9.17) is 25.2 Å². The molecule has 6 nitrogen and oxygen atoms in total. The highest BCUT2D eigenvalue weighted by Gasteiger charge is 2.45. The van der Waals surface area contributed by atoms with Crippen LogP contribution >= 0.6 is 0 Å². The van der Waals surface area contributed by atoms with Gasteiger partial charge >= 0.3 is 0 Å². The van der Waals surface area contributed by atoms with Gasteiger partial charge in [0.05, 0.1) is 19.3 Å². The van der Waals surface area contributed by atoms with E-state index in [-0.39, 0.29) is 6.42 Å². The minimum absolute atomic E-state index is 0.113. The predicted molar refractivity (Wildman–Crippen MR) is 40.6 cm³/mol. The average Bonchev–Trinajstić information content (AvgIpc) is 2.13. The van der Waals surface area contributed by atoms with Crippen molar-refractivity contribution in [1.29, 1.82) is 0 Å². The Morgan fingerprint density at radius 1 is 1.15 bits per heavy atom. The van der Waals surface area contributed by atoms with Gasteiger partial charge in [-0.3, -0.25) is 0 Å². The van der Waals surface area contributed by atoms with Crippen molar-refractivity contribution in [2.45, 2.75) is 30.5 Å². The predicted octanol–water partition coefficient (Wildman–Crippen LogP) is -2.83. The quantitative estimate of drug-likeness (QED) is 0.324. The van der Waals surface area contributed by atoms with E-state index in [2.05, 4.69) is 0 Å². The Kier molecular flexibility index (Phi) is 3.23. The molecule has 3 atom stereocenters. The first-order chi connectivity index (χ1) is 6.04. The first-order valence-corrected chi connectivity index (χ1v) is 3.98. The molecule has 0 saturated carbocycles. The Bertz CT molecular complexity index is 154. The van der Waals surface area contributed by atoms with Gasteiger partial charge in [0.2, 0.25) is 0 Å². The third-order valence-electron chi connectivity index (χ3n) is 2.21. The minimum atomic E-state index is -1.58. The summed E-state index contributed by atoms with van der Waals surface area (Å²) in [5.74, 6) is 0. The summed E-state index contributed by atoms with van der Waals surface area (Å²) in [6, 6.07) is 0.